The highest BCUT2D eigenvalue weighted by Crippen LogP contribution is 2.68. The molecule has 7 rings (SSSR count). The highest BCUT2D eigenvalue weighted by Gasteiger charge is 2.67. The molecule has 0 spiro atoms. The lowest BCUT2D eigenvalue weighted by atomic mass is 9.95. The Kier molecular flexibility index (Phi) is 6.70. The molecule has 3 aliphatic rings. The highest BCUT2D eigenvalue weighted by molar-refractivity contribution is 5.79. The number of alkyl halides is 4. The fourth-order valence-corrected chi connectivity index (χ4v) is 6.35. The first kappa shape index (κ1) is 28.1. The third kappa shape index (κ3) is 4.89. The van der Waals surface area contributed by atoms with Crippen LogP contribution in [0.15, 0.2) is 55.0 Å². The Labute approximate surface area is 247 Å². The van der Waals surface area contributed by atoms with E-state index in [1.54, 1.807) is 0 Å². The average Bonchev–Trinajstić information content (AvgIpc) is 3.64. The van der Waals surface area contributed by atoms with Crippen molar-refractivity contribution in [3.05, 3.63) is 100 Å². The maximum Gasteiger partial charge on any atom is 0.293 e. The topological polar surface area (TPSA) is 84.7 Å². The number of carbonyl (C=O) groups excluding carboxylic acids is 1. The van der Waals surface area contributed by atoms with E-state index in [-0.39, 0.29) is 24.0 Å². The van der Waals surface area contributed by atoms with Gasteiger partial charge < -0.3 is 10.6 Å². The molecule has 1 aliphatic heterocycles. The van der Waals surface area contributed by atoms with Gasteiger partial charge in [0.15, 0.2) is 0 Å². The molecule has 13 heteroatoms. The number of nitrogens with one attached hydrogen (secondary N) is 2. The predicted molar refractivity (Wildman–Crippen MR) is 148 cm³/mol. The van der Waals surface area contributed by atoms with Crippen LogP contribution in [-0.2, 0) is 23.7 Å². The largest absolute Gasteiger partial charge is 0.381 e. The van der Waals surface area contributed by atoms with Crippen molar-refractivity contribution in [1.82, 2.24) is 25.1 Å². The molecule has 3 atom stereocenters. The van der Waals surface area contributed by atoms with E-state index in [0.717, 1.165) is 23.4 Å². The summed E-state index contributed by atoms with van der Waals surface area (Å²) in [6.45, 7) is -0.142. The normalized spacial score (nSPS) is 19.6. The highest BCUT2D eigenvalue weighted by atomic mass is 19.3. The van der Waals surface area contributed by atoms with Crippen molar-refractivity contribution in [2.24, 2.45) is 5.92 Å². The van der Waals surface area contributed by atoms with Gasteiger partial charge in [0.1, 0.15) is 35.9 Å². The molecule has 2 aromatic carbocycles. The van der Waals surface area contributed by atoms with Gasteiger partial charge in [0.05, 0.1) is 11.7 Å². The molecule has 2 aliphatic carbocycles. The standard InChI is InChI=1S/C31H24F6N6O/c32-18-6-15(7-19(33)10-18)8-24(27-21(12-38-14-40-27)17-4-3-16-2-1-5-39-23(16)9-17)41-25(44)13-43-29-26(28(42-43)30(34)35)20-11-22(20)31(29,36)37/h1-4,6-7,9-10,12,14,20,22,24,30,39H,5,8,11,13H2,(H,41,44)/t20?,22?,24-/m0/s1. The molecular weight excluding hydrogens is 586 g/mol. The predicted octanol–water partition coefficient (Wildman–Crippen LogP) is 6.30. The second-order valence-corrected chi connectivity index (χ2v) is 11.2. The second-order valence-electron chi connectivity index (χ2n) is 11.2. The number of fused-ring (bicyclic) bond motifs is 4. The van der Waals surface area contributed by atoms with Crippen molar-refractivity contribution in [2.75, 3.05) is 11.9 Å². The van der Waals surface area contributed by atoms with E-state index in [4.69, 9.17) is 0 Å². The van der Waals surface area contributed by atoms with Crippen LogP contribution in [0.4, 0.5) is 32.0 Å². The van der Waals surface area contributed by atoms with Gasteiger partial charge >= 0.3 is 0 Å². The molecule has 226 valence electrons. The minimum absolute atomic E-state index is 0.0921. The quantitative estimate of drug-likeness (QED) is 0.229. The SMILES string of the molecule is O=C(Cn1nc(C(F)F)c2c1C(F)(F)C1CC21)N[C@@H](Cc1cc(F)cc(F)c1)c1ncncc1-c1ccc2c(c1)NCC=C2. The van der Waals surface area contributed by atoms with Crippen molar-refractivity contribution < 1.29 is 31.1 Å². The summed E-state index contributed by atoms with van der Waals surface area (Å²) in [6.07, 6.45) is 3.62. The number of hydrogen-bond acceptors (Lipinski definition) is 5. The minimum Gasteiger partial charge on any atom is -0.381 e. The zero-order valence-electron chi connectivity index (χ0n) is 22.9. The number of benzene rings is 2. The molecule has 3 heterocycles. The van der Waals surface area contributed by atoms with Gasteiger partial charge in [-0.25, -0.2) is 27.5 Å². The van der Waals surface area contributed by atoms with Gasteiger partial charge in [0.2, 0.25) is 5.91 Å². The van der Waals surface area contributed by atoms with Crippen LogP contribution in [-0.4, -0.2) is 32.2 Å². The molecule has 1 amide bonds. The van der Waals surface area contributed by atoms with Crippen molar-refractivity contribution >= 4 is 17.7 Å². The molecule has 1 fully saturated rings. The van der Waals surface area contributed by atoms with Crippen molar-refractivity contribution in [1.29, 1.82) is 0 Å². The van der Waals surface area contributed by atoms with Crippen LogP contribution >= 0.6 is 0 Å². The van der Waals surface area contributed by atoms with Crippen LogP contribution in [0, 0.1) is 17.6 Å². The van der Waals surface area contributed by atoms with Crippen LogP contribution < -0.4 is 10.6 Å². The molecule has 0 bridgehead atoms. The molecule has 4 aromatic rings. The summed E-state index contributed by atoms with van der Waals surface area (Å²) in [5, 5.41) is 9.72. The lowest BCUT2D eigenvalue weighted by Crippen LogP contribution is -2.35. The van der Waals surface area contributed by atoms with E-state index in [9.17, 15) is 22.4 Å². The molecule has 1 saturated carbocycles. The molecule has 0 saturated heterocycles. The molecule has 2 N–H and O–H groups in total. The summed E-state index contributed by atoms with van der Waals surface area (Å²) in [6, 6.07) is 7.53. The first-order chi connectivity index (χ1) is 21.1. The van der Waals surface area contributed by atoms with Gasteiger partial charge in [-0.2, -0.15) is 13.9 Å². The third-order valence-corrected chi connectivity index (χ3v) is 8.30. The third-order valence-electron chi connectivity index (χ3n) is 8.30. The Balaban J connectivity index is 1.24. The number of hydrogen-bond donors (Lipinski definition) is 2. The van der Waals surface area contributed by atoms with Gasteiger partial charge in [0.25, 0.3) is 12.3 Å². The number of anilines is 1. The van der Waals surface area contributed by atoms with Gasteiger partial charge in [-0.15, -0.1) is 0 Å². The Morgan fingerprint density at radius 1 is 1.11 bits per heavy atom. The number of aromatic nitrogens is 4. The monoisotopic (exact) mass is 610 g/mol. The lowest BCUT2D eigenvalue weighted by Gasteiger charge is -2.22. The Hall–Kier alpha value is -4.68. The average molecular weight is 611 g/mol. The maximum absolute atomic E-state index is 15.1. The Morgan fingerprint density at radius 2 is 1.91 bits per heavy atom. The lowest BCUT2D eigenvalue weighted by molar-refractivity contribution is -0.123. The number of carbonyl (C=O) groups is 1. The van der Waals surface area contributed by atoms with E-state index in [2.05, 4.69) is 25.7 Å². The Morgan fingerprint density at radius 3 is 2.68 bits per heavy atom. The minimum atomic E-state index is -3.39. The maximum atomic E-state index is 15.1. The first-order valence-corrected chi connectivity index (χ1v) is 14.0. The second kappa shape index (κ2) is 10.5. The van der Waals surface area contributed by atoms with Crippen LogP contribution in [0.1, 0.15) is 58.6 Å². The Bertz CT molecular complexity index is 1800. The molecule has 7 nitrogen and oxygen atoms in total. The molecule has 0 radical (unpaired) electrons. The van der Waals surface area contributed by atoms with Gasteiger partial charge in [-0.3, -0.25) is 9.48 Å². The molecule has 44 heavy (non-hydrogen) atoms. The zero-order valence-corrected chi connectivity index (χ0v) is 22.9. The first-order valence-electron chi connectivity index (χ1n) is 14.0. The van der Waals surface area contributed by atoms with E-state index in [1.807, 2.05) is 30.4 Å². The fourth-order valence-electron chi connectivity index (χ4n) is 6.35. The van der Waals surface area contributed by atoms with Crippen LogP contribution in [0.3, 0.4) is 0 Å². The summed E-state index contributed by atoms with van der Waals surface area (Å²) in [7, 11) is 0. The van der Waals surface area contributed by atoms with Gasteiger partial charge in [-0.1, -0.05) is 24.3 Å². The van der Waals surface area contributed by atoms with Gasteiger partial charge in [-0.05, 0) is 53.6 Å². The number of halogens is 6. The number of amides is 1. The van der Waals surface area contributed by atoms with E-state index >= 15 is 8.78 Å². The van der Waals surface area contributed by atoms with Crippen LogP contribution in [0.2, 0.25) is 0 Å². The van der Waals surface area contributed by atoms with E-state index < -0.39 is 65.7 Å². The van der Waals surface area contributed by atoms with Crippen molar-refractivity contribution in [2.45, 2.75) is 43.7 Å². The smallest absolute Gasteiger partial charge is 0.293 e. The summed E-state index contributed by atoms with van der Waals surface area (Å²) >= 11 is 0. The van der Waals surface area contributed by atoms with Crippen LogP contribution in [0.5, 0.6) is 0 Å². The van der Waals surface area contributed by atoms with Crippen molar-refractivity contribution in [3.8, 4) is 11.1 Å². The summed E-state index contributed by atoms with van der Waals surface area (Å²) in [4.78, 5) is 22.0. The van der Waals surface area contributed by atoms with Crippen molar-refractivity contribution in [3.63, 3.8) is 0 Å². The van der Waals surface area contributed by atoms with E-state index in [0.29, 0.717) is 34.1 Å². The number of rotatable bonds is 8. The van der Waals surface area contributed by atoms with Gasteiger partial charge in [0, 0.05) is 41.5 Å². The molecular formula is C31H24F6N6O. The summed E-state index contributed by atoms with van der Waals surface area (Å²) < 4.78 is 86.6. The summed E-state index contributed by atoms with van der Waals surface area (Å²) in [5.74, 6) is -7.65. The zero-order chi connectivity index (χ0) is 30.7. The summed E-state index contributed by atoms with van der Waals surface area (Å²) in [5.41, 5.74) is 1.94. The van der Waals surface area contributed by atoms with Crippen LogP contribution in [0.25, 0.3) is 17.2 Å². The molecule has 2 aromatic heterocycles. The van der Waals surface area contributed by atoms with E-state index in [1.165, 1.54) is 12.5 Å². The fraction of sp³-hybridized carbons (Fsp3) is 0.290. The number of nitrogens with zero attached hydrogens (tertiary/aromatic N) is 4. The molecule has 2 unspecified atom stereocenters.